The number of hydrogen-bond acceptors (Lipinski definition) is 4. The average molecular weight is 457 g/mol. The smallest absolute Gasteiger partial charge is 0.748 e. The summed E-state index contributed by atoms with van der Waals surface area (Å²) in [5.41, 5.74) is 0. The van der Waals surface area contributed by atoms with Crippen molar-refractivity contribution >= 4 is 10.1 Å². The minimum absolute atomic E-state index is 0. The molecule has 176 valence electrons. The van der Waals surface area contributed by atoms with Crippen molar-refractivity contribution < 1.29 is 47.6 Å². The van der Waals surface area contributed by atoms with Crippen LogP contribution < -0.4 is 29.6 Å². The molecule has 1 N–H and O–H groups in total. The first-order valence-corrected chi connectivity index (χ1v) is 14.0. The molecule has 0 aromatic heterocycles. The van der Waals surface area contributed by atoms with E-state index in [0.29, 0.717) is 12.8 Å². The van der Waals surface area contributed by atoms with Crippen molar-refractivity contribution in [2.75, 3.05) is 0 Å². The first-order valence-electron chi connectivity index (χ1n) is 12.5. The molecule has 4 nitrogen and oxygen atoms in total. The van der Waals surface area contributed by atoms with Crippen LogP contribution in [0.2, 0.25) is 0 Å². The zero-order valence-corrected chi connectivity index (χ0v) is 23.2. The third kappa shape index (κ3) is 22.1. The summed E-state index contributed by atoms with van der Waals surface area (Å²) >= 11 is 0. The normalized spacial score (nSPS) is 13.7. The molecule has 0 saturated carbocycles. The first-order chi connectivity index (χ1) is 13.9. The van der Waals surface area contributed by atoms with Gasteiger partial charge in [0.25, 0.3) is 0 Å². The fourth-order valence-corrected chi connectivity index (χ4v) is 4.97. The van der Waals surface area contributed by atoms with Gasteiger partial charge in [-0.3, -0.25) is 0 Å². The van der Waals surface area contributed by atoms with Crippen LogP contribution in [0.5, 0.6) is 0 Å². The third-order valence-electron chi connectivity index (χ3n) is 5.94. The van der Waals surface area contributed by atoms with Gasteiger partial charge in [0.1, 0.15) is 0 Å². The van der Waals surface area contributed by atoms with Gasteiger partial charge < -0.3 is 9.66 Å². The summed E-state index contributed by atoms with van der Waals surface area (Å²) in [4.78, 5) is 0. The molecule has 30 heavy (non-hydrogen) atoms. The zero-order chi connectivity index (χ0) is 21.8. The van der Waals surface area contributed by atoms with Crippen LogP contribution in [0.4, 0.5) is 0 Å². The molecule has 6 heteroatoms. The predicted molar refractivity (Wildman–Crippen MR) is 123 cm³/mol. The molecule has 0 spiro atoms. The quantitative estimate of drug-likeness (QED) is 0.151. The Kier molecular flexibility index (Phi) is 25.4. The van der Waals surface area contributed by atoms with Crippen molar-refractivity contribution in [3.8, 4) is 0 Å². The van der Waals surface area contributed by atoms with E-state index in [1.807, 2.05) is 6.92 Å². The van der Waals surface area contributed by atoms with Crippen molar-refractivity contribution in [3.63, 3.8) is 0 Å². The van der Waals surface area contributed by atoms with E-state index in [9.17, 15) is 18.1 Å². The Morgan fingerprint density at radius 1 is 0.633 bits per heavy atom. The molecule has 0 aliphatic rings. The summed E-state index contributed by atoms with van der Waals surface area (Å²) in [7, 11) is -4.31. The van der Waals surface area contributed by atoms with E-state index in [1.54, 1.807) is 0 Å². The molecular weight excluding hydrogens is 407 g/mol. The molecule has 0 aromatic rings. The molecule has 0 rings (SSSR count). The first kappa shape index (κ1) is 33.0. The number of aliphatic hydroxyl groups excluding tert-OH is 1. The Morgan fingerprint density at radius 2 is 1.00 bits per heavy atom. The van der Waals surface area contributed by atoms with E-state index in [4.69, 9.17) is 0 Å². The van der Waals surface area contributed by atoms with Gasteiger partial charge in [0.2, 0.25) is 0 Å². The van der Waals surface area contributed by atoms with Crippen LogP contribution in [0.3, 0.4) is 0 Å². The SMILES string of the molecule is CCCCCCCCCCCCCCCCCCC(CC(O)CCC)S(=O)(=O)[O-].[Na+]. The number of aliphatic hydroxyl groups is 1. The topological polar surface area (TPSA) is 77.4 Å². The van der Waals surface area contributed by atoms with Crippen LogP contribution in [0.25, 0.3) is 0 Å². The van der Waals surface area contributed by atoms with E-state index in [0.717, 1.165) is 25.7 Å². The van der Waals surface area contributed by atoms with Gasteiger partial charge >= 0.3 is 29.6 Å². The summed E-state index contributed by atoms with van der Waals surface area (Å²) in [6.45, 7) is 4.21. The molecule has 0 aliphatic carbocycles. The summed E-state index contributed by atoms with van der Waals surface area (Å²) in [5.74, 6) is 0. The number of hydrogen-bond donors (Lipinski definition) is 1. The van der Waals surface area contributed by atoms with Crippen molar-refractivity contribution in [1.29, 1.82) is 0 Å². The third-order valence-corrected chi connectivity index (χ3v) is 7.19. The maximum absolute atomic E-state index is 11.4. The molecule has 0 fully saturated rings. The Labute approximate surface area is 210 Å². The van der Waals surface area contributed by atoms with Gasteiger partial charge in [-0.25, -0.2) is 8.42 Å². The summed E-state index contributed by atoms with van der Waals surface area (Å²) in [5, 5.41) is 8.89. The van der Waals surface area contributed by atoms with Gasteiger partial charge in [-0.2, -0.15) is 0 Å². The summed E-state index contributed by atoms with van der Waals surface area (Å²) < 4.78 is 34.2. The minimum Gasteiger partial charge on any atom is -0.748 e. The van der Waals surface area contributed by atoms with Crippen LogP contribution in [-0.4, -0.2) is 29.4 Å². The minimum atomic E-state index is -4.31. The Hall–Kier alpha value is 0.870. The second-order valence-corrected chi connectivity index (χ2v) is 10.5. The number of unbranched alkanes of at least 4 members (excludes halogenated alkanes) is 15. The summed E-state index contributed by atoms with van der Waals surface area (Å²) in [6.07, 6.45) is 21.6. The largest absolute Gasteiger partial charge is 1.00 e. The van der Waals surface area contributed by atoms with Gasteiger partial charge in [0.05, 0.1) is 21.5 Å². The van der Waals surface area contributed by atoms with Gasteiger partial charge in [0.15, 0.2) is 0 Å². The summed E-state index contributed by atoms with van der Waals surface area (Å²) in [6, 6.07) is 0. The van der Waals surface area contributed by atoms with E-state index in [-0.39, 0.29) is 36.0 Å². The van der Waals surface area contributed by atoms with Crippen LogP contribution in [0.1, 0.15) is 142 Å². The predicted octanol–water partition coefficient (Wildman–Crippen LogP) is 4.11. The maximum atomic E-state index is 11.4. The Morgan fingerprint density at radius 3 is 1.33 bits per heavy atom. The van der Waals surface area contributed by atoms with E-state index >= 15 is 0 Å². The second-order valence-electron chi connectivity index (χ2n) is 8.88. The van der Waals surface area contributed by atoms with Gasteiger partial charge in [-0.05, 0) is 19.3 Å². The number of rotatable bonds is 22. The van der Waals surface area contributed by atoms with Crippen molar-refractivity contribution in [1.82, 2.24) is 0 Å². The zero-order valence-electron chi connectivity index (χ0n) is 20.4. The average Bonchev–Trinajstić information content (AvgIpc) is 2.66. The molecule has 2 atom stereocenters. The molecule has 0 aromatic carbocycles. The van der Waals surface area contributed by atoms with Crippen LogP contribution in [-0.2, 0) is 10.1 Å². The van der Waals surface area contributed by atoms with Crippen LogP contribution in [0.15, 0.2) is 0 Å². The van der Waals surface area contributed by atoms with Crippen molar-refractivity contribution in [2.24, 2.45) is 0 Å². The molecule has 0 radical (unpaired) electrons. The van der Waals surface area contributed by atoms with Crippen molar-refractivity contribution in [2.45, 2.75) is 154 Å². The Balaban J connectivity index is 0. The Bertz CT molecular complexity index is 442. The van der Waals surface area contributed by atoms with E-state index < -0.39 is 21.5 Å². The standard InChI is InChI=1S/C24H50O4S.Na/c1-3-5-6-7-8-9-10-11-12-13-14-15-16-17-18-19-21-24(29(26,27)28)22-23(25)20-4-2;/h23-25H,3-22H2,1-2H3,(H,26,27,28);/q;+1/p-1. The van der Waals surface area contributed by atoms with E-state index in [2.05, 4.69) is 6.92 Å². The van der Waals surface area contributed by atoms with Gasteiger partial charge in [-0.15, -0.1) is 0 Å². The molecule has 0 heterocycles. The van der Waals surface area contributed by atoms with E-state index in [1.165, 1.54) is 83.5 Å². The molecule has 2 unspecified atom stereocenters. The molecule has 0 amide bonds. The monoisotopic (exact) mass is 456 g/mol. The second kappa shape index (κ2) is 23.0. The fourth-order valence-electron chi connectivity index (χ4n) is 4.05. The fraction of sp³-hybridized carbons (Fsp3) is 1.00. The molecule has 0 bridgehead atoms. The molecule has 0 saturated heterocycles. The van der Waals surface area contributed by atoms with Crippen LogP contribution >= 0.6 is 0 Å². The molecular formula is C24H49NaO4S. The molecule has 0 aliphatic heterocycles. The van der Waals surface area contributed by atoms with Gasteiger partial charge in [-0.1, -0.05) is 123 Å². The van der Waals surface area contributed by atoms with Crippen molar-refractivity contribution in [3.05, 3.63) is 0 Å². The van der Waals surface area contributed by atoms with Crippen LogP contribution in [0, 0.1) is 0 Å². The maximum Gasteiger partial charge on any atom is 1.00 e. The van der Waals surface area contributed by atoms with Gasteiger partial charge in [0, 0.05) is 0 Å².